The van der Waals surface area contributed by atoms with Crippen molar-refractivity contribution in [3.63, 3.8) is 0 Å². The molecule has 0 unspecified atom stereocenters. The summed E-state index contributed by atoms with van der Waals surface area (Å²) in [6.07, 6.45) is 2.36. The van der Waals surface area contributed by atoms with Crippen LogP contribution in [0.1, 0.15) is 46.5 Å². The maximum atomic E-state index is 13.1. The van der Waals surface area contributed by atoms with E-state index in [4.69, 9.17) is 15.2 Å². The van der Waals surface area contributed by atoms with Gasteiger partial charge in [0.15, 0.2) is 5.65 Å². The number of carbonyl (C=O) groups excluding carboxylic acids is 2. The number of para-hydroxylation sites is 2. The standard InChI is InChI=1S/C26H28N6O4/c1-16(2)36-14-6-13-28-25(33)21-22-24(31-20-8-5-4-7-19(20)30-22)32(23(21)27)29-15-17-9-11-18(12-10-17)26(34)35-3/h4-5,7-12,15-16H,6,13-14,27H2,1-3H3,(H,28,33). The smallest absolute Gasteiger partial charge is 0.337 e. The van der Waals surface area contributed by atoms with Crippen LogP contribution in [0.3, 0.4) is 0 Å². The van der Waals surface area contributed by atoms with Crippen molar-refractivity contribution in [1.29, 1.82) is 0 Å². The monoisotopic (exact) mass is 488 g/mol. The van der Waals surface area contributed by atoms with Gasteiger partial charge in [-0.25, -0.2) is 14.8 Å². The number of nitrogens with zero attached hydrogens (tertiary/aromatic N) is 4. The molecule has 0 aliphatic carbocycles. The Morgan fingerprint density at radius 1 is 1.11 bits per heavy atom. The predicted molar refractivity (Wildman–Crippen MR) is 138 cm³/mol. The molecule has 36 heavy (non-hydrogen) atoms. The van der Waals surface area contributed by atoms with Crippen molar-refractivity contribution < 1.29 is 19.1 Å². The molecule has 4 rings (SSSR count). The van der Waals surface area contributed by atoms with Gasteiger partial charge in [0, 0.05) is 13.2 Å². The van der Waals surface area contributed by atoms with Crippen molar-refractivity contribution in [3.8, 4) is 0 Å². The Bertz CT molecular complexity index is 1430. The van der Waals surface area contributed by atoms with Gasteiger partial charge in [-0.3, -0.25) is 4.79 Å². The molecule has 2 aromatic carbocycles. The van der Waals surface area contributed by atoms with E-state index in [0.29, 0.717) is 52.9 Å². The largest absolute Gasteiger partial charge is 0.465 e. The second-order valence-corrected chi connectivity index (χ2v) is 8.34. The molecular weight excluding hydrogens is 460 g/mol. The molecule has 0 aliphatic heterocycles. The molecule has 10 heteroatoms. The minimum absolute atomic E-state index is 0.124. The van der Waals surface area contributed by atoms with Gasteiger partial charge >= 0.3 is 5.97 Å². The Labute approximate surface area is 208 Å². The zero-order valence-electron chi connectivity index (χ0n) is 20.4. The first-order valence-corrected chi connectivity index (χ1v) is 11.6. The molecule has 186 valence electrons. The highest BCUT2D eigenvalue weighted by Crippen LogP contribution is 2.27. The highest BCUT2D eigenvalue weighted by atomic mass is 16.5. The molecule has 0 fully saturated rings. The number of benzene rings is 2. The summed E-state index contributed by atoms with van der Waals surface area (Å²) in [4.78, 5) is 34.1. The Kier molecular flexibility index (Phi) is 7.55. The summed E-state index contributed by atoms with van der Waals surface area (Å²) in [7, 11) is 1.33. The normalized spacial score (nSPS) is 11.6. The number of amides is 1. The number of methoxy groups -OCH3 is 1. The van der Waals surface area contributed by atoms with Crippen LogP contribution in [0.4, 0.5) is 5.82 Å². The molecule has 0 atom stereocenters. The summed E-state index contributed by atoms with van der Waals surface area (Å²) in [5.41, 5.74) is 9.79. The number of anilines is 1. The molecular formula is C26H28N6O4. The van der Waals surface area contributed by atoms with E-state index < -0.39 is 5.97 Å². The van der Waals surface area contributed by atoms with Gasteiger partial charge in [-0.15, -0.1) is 0 Å². The van der Waals surface area contributed by atoms with Gasteiger partial charge in [0.05, 0.1) is 36.0 Å². The highest BCUT2D eigenvalue weighted by molar-refractivity contribution is 6.10. The fourth-order valence-electron chi connectivity index (χ4n) is 3.62. The number of nitrogens with one attached hydrogen (secondary N) is 1. The maximum Gasteiger partial charge on any atom is 0.337 e. The summed E-state index contributed by atoms with van der Waals surface area (Å²) < 4.78 is 11.7. The quantitative estimate of drug-likeness (QED) is 0.210. The zero-order valence-corrected chi connectivity index (χ0v) is 20.4. The van der Waals surface area contributed by atoms with Gasteiger partial charge in [0.1, 0.15) is 16.9 Å². The van der Waals surface area contributed by atoms with Crippen LogP contribution in [0.15, 0.2) is 53.6 Å². The van der Waals surface area contributed by atoms with E-state index in [9.17, 15) is 9.59 Å². The number of aromatic nitrogens is 3. The first-order chi connectivity index (χ1) is 17.4. The Hall–Kier alpha value is -4.31. The molecule has 0 spiro atoms. The first-order valence-electron chi connectivity index (χ1n) is 11.6. The van der Waals surface area contributed by atoms with E-state index in [1.54, 1.807) is 30.5 Å². The van der Waals surface area contributed by atoms with Crippen molar-refractivity contribution in [2.24, 2.45) is 5.10 Å². The molecule has 0 saturated heterocycles. The van der Waals surface area contributed by atoms with Gasteiger partial charge in [-0.05, 0) is 50.1 Å². The van der Waals surface area contributed by atoms with Crippen LogP contribution >= 0.6 is 0 Å². The number of nitrogens with two attached hydrogens (primary N) is 1. The van der Waals surface area contributed by atoms with Crippen molar-refractivity contribution in [2.45, 2.75) is 26.4 Å². The molecule has 1 amide bonds. The van der Waals surface area contributed by atoms with E-state index in [2.05, 4.69) is 20.4 Å². The van der Waals surface area contributed by atoms with Gasteiger partial charge < -0.3 is 20.5 Å². The van der Waals surface area contributed by atoms with Gasteiger partial charge in [-0.2, -0.15) is 9.78 Å². The van der Waals surface area contributed by atoms with Crippen LogP contribution in [-0.4, -0.2) is 59.1 Å². The number of hydrogen-bond acceptors (Lipinski definition) is 8. The zero-order chi connectivity index (χ0) is 25.7. The van der Waals surface area contributed by atoms with E-state index >= 15 is 0 Å². The molecule has 0 radical (unpaired) electrons. The lowest BCUT2D eigenvalue weighted by Crippen LogP contribution is -2.26. The summed E-state index contributed by atoms with van der Waals surface area (Å²) in [6.45, 7) is 4.89. The van der Waals surface area contributed by atoms with Gasteiger partial charge in [0.25, 0.3) is 5.91 Å². The van der Waals surface area contributed by atoms with E-state index in [1.807, 2.05) is 38.1 Å². The average molecular weight is 489 g/mol. The lowest BCUT2D eigenvalue weighted by atomic mass is 10.1. The fourth-order valence-corrected chi connectivity index (χ4v) is 3.62. The summed E-state index contributed by atoms with van der Waals surface area (Å²) in [5, 5.41) is 7.37. The second-order valence-electron chi connectivity index (χ2n) is 8.34. The van der Waals surface area contributed by atoms with Crippen molar-refractivity contribution in [3.05, 3.63) is 65.2 Å². The van der Waals surface area contributed by atoms with Crippen LogP contribution in [0.2, 0.25) is 0 Å². The number of fused-ring (bicyclic) bond motifs is 2. The Morgan fingerprint density at radius 3 is 2.47 bits per heavy atom. The van der Waals surface area contributed by atoms with Gasteiger partial charge in [0.2, 0.25) is 0 Å². The minimum Gasteiger partial charge on any atom is -0.465 e. The van der Waals surface area contributed by atoms with Crippen molar-refractivity contribution >= 4 is 46.1 Å². The number of carbonyl (C=O) groups is 2. The molecule has 0 aliphatic rings. The number of hydrogen-bond donors (Lipinski definition) is 2. The lowest BCUT2D eigenvalue weighted by molar-refractivity contribution is 0.0600. The third-order valence-electron chi connectivity index (χ3n) is 5.41. The number of ether oxygens (including phenoxy) is 2. The fraction of sp³-hybridized carbons (Fsp3) is 0.269. The maximum absolute atomic E-state index is 13.1. The summed E-state index contributed by atoms with van der Waals surface area (Å²) in [6, 6.07) is 14.1. The van der Waals surface area contributed by atoms with Crippen LogP contribution in [0.5, 0.6) is 0 Å². The average Bonchev–Trinajstić information content (AvgIpc) is 3.15. The topological polar surface area (TPSA) is 134 Å². The molecule has 4 aromatic rings. The summed E-state index contributed by atoms with van der Waals surface area (Å²) >= 11 is 0. The Balaban J connectivity index is 1.68. The molecule has 2 heterocycles. The summed E-state index contributed by atoms with van der Waals surface area (Å²) in [5.74, 6) is -0.658. The predicted octanol–water partition coefficient (Wildman–Crippen LogP) is 3.38. The van der Waals surface area contributed by atoms with E-state index in [-0.39, 0.29) is 23.4 Å². The van der Waals surface area contributed by atoms with E-state index in [1.165, 1.54) is 11.8 Å². The second kappa shape index (κ2) is 11.0. The van der Waals surface area contributed by atoms with Crippen LogP contribution in [0, 0.1) is 0 Å². The van der Waals surface area contributed by atoms with E-state index in [0.717, 1.165) is 0 Å². The molecule has 0 saturated carbocycles. The SMILES string of the molecule is COC(=O)c1ccc(C=Nn2c(N)c(C(=O)NCCCOC(C)C)c3nc4ccccc4nc32)cc1. The highest BCUT2D eigenvalue weighted by Gasteiger charge is 2.24. The number of nitrogen functional groups attached to an aromatic ring is 1. The molecule has 10 nitrogen and oxygen atoms in total. The van der Waals surface area contributed by atoms with Crippen molar-refractivity contribution in [2.75, 3.05) is 26.0 Å². The molecule has 2 aromatic heterocycles. The number of esters is 1. The number of rotatable bonds is 9. The minimum atomic E-state index is -0.423. The van der Waals surface area contributed by atoms with Gasteiger partial charge in [-0.1, -0.05) is 24.3 Å². The van der Waals surface area contributed by atoms with Crippen LogP contribution in [-0.2, 0) is 9.47 Å². The lowest BCUT2D eigenvalue weighted by Gasteiger charge is -2.08. The molecule has 0 bridgehead atoms. The third-order valence-corrected chi connectivity index (χ3v) is 5.41. The van der Waals surface area contributed by atoms with Crippen LogP contribution in [0.25, 0.3) is 22.2 Å². The first kappa shape index (κ1) is 24.8. The van der Waals surface area contributed by atoms with Crippen LogP contribution < -0.4 is 11.1 Å². The Morgan fingerprint density at radius 2 is 1.81 bits per heavy atom. The third kappa shape index (κ3) is 5.33. The molecule has 3 N–H and O–H groups in total. The van der Waals surface area contributed by atoms with Crippen molar-refractivity contribution in [1.82, 2.24) is 20.0 Å².